The van der Waals surface area contributed by atoms with Gasteiger partial charge in [0.2, 0.25) is 17.8 Å². The highest BCUT2D eigenvalue weighted by molar-refractivity contribution is 5.83. The number of esters is 1. The number of carbonyl (C=O) groups is 1. The van der Waals surface area contributed by atoms with Gasteiger partial charge < -0.3 is 19.7 Å². The summed E-state index contributed by atoms with van der Waals surface area (Å²) in [5, 5.41) is 7.67. The Morgan fingerprint density at radius 2 is 1.60 bits per heavy atom. The Morgan fingerprint density at radius 1 is 0.907 bits per heavy atom. The van der Waals surface area contributed by atoms with Crippen LogP contribution in [0.15, 0.2) is 53.6 Å². The Bertz CT molecular complexity index is 1450. The van der Waals surface area contributed by atoms with Crippen LogP contribution in [-0.4, -0.2) is 47.3 Å². The number of rotatable bonds is 9. The van der Waals surface area contributed by atoms with E-state index in [2.05, 4.69) is 35.7 Å². The molecule has 224 valence electrons. The van der Waals surface area contributed by atoms with E-state index in [9.17, 15) is 4.79 Å². The number of benzene rings is 2. The van der Waals surface area contributed by atoms with E-state index in [-0.39, 0.29) is 11.4 Å². The lowest BCUT2D eigenvalue weighted by molar-refractivity contribution is -0.161. The lowest BCUT2D eigenvalue weighted by Crippen LogP contribution is -2.51. The van der Waals surface area contributed by atoms with Gasteiger partial charge >= 0.3 is 5.97 Å². The fourth-order valence-corrected chi connectivity index (χ4v) is 7.94. The third-order valence-corrected chi connectivity index (χ3v) is 9.53. The number of hydrogen-bond acceptors (Lipinski definition) is 10. The number of methoxy groups -OCH3 is 1. The third-order valence-electron chi connectivity index (χ3n) is 9.53. The molecule has 0 radical (unpaired) electrons. The molecule has 2 aromatic carbocycles. The number of ether oxygens (including phenoxy) is 2. The van der Waals surface area contributed by atoms with Gasteiger partial charge in [0, 0.05) is 18.8 Å². The van der Waals surface area contributed by atoms with Crippen molar-refractivity contribution in [2.24, 2.45) is 28.3 Å². The zero-order valence-electron chi connectivity index (χ0n) is 24.7. The maximum absolute atomic E-state index is 13.5. The number of piperidine rings is 1. The monoisotopic (exact) mass is 581 g/mol. The second kappa shape index (κ2) is 11.8. The molecule has 0 unspecified atom stereocenters. The highest BCUT2D eigenvalue weighted by atomic mass is 16.6. The number of nitrogens with zero attached hydrogens (tertiary/aromatic N) is 5. The smallest absolute Gasteiger partial charge is 0.317 e. The van der Waals surface area contributed by atoms with Crippen molar-refractivity contribution in [2.75, 3.05) is 35.8 Å². The first-order valence-electron chi connectivity index (χ1n) is 15.6. The highest BCUT2D eigenvalue weighted by Crippen LogP contribution is 2.60. The first kappa shape index (κ1) is 27.6. The van der Waals surface area contributed by atoms with Crippen molar-refractivity contribution in [3.63, 3.8) is 0 Å². The summed E-state index contributed by atoms with van der Waals surface area (Å²) in [4.78, 5) is 29.5. The van der Waals surface area contributed by atoms with E-state index in [4.69, 9.17) is 9.47 Å². The van der Waals surface area contributed by atoms with Crippen LogP contribution < -0.4 is 25.1 Å². The number of hydrogen-bond donors (Lipinski definition) is 2. The maximum atomic E-state index is 13.5. The predicted octanol–water partition coefficient (Wildman–Crippen LogP) is 6.18. The second-order valence-corrected chi connectivity index (χ2v) is 12.7. The van der Waals surface area contributed by atoms with E-state index in [1.54, 1.807) is 19.4 Å². The van der Waals surface area contributed by atoms with Crippen molar-refractivity contribution in [3.05, 3.63) is 54.1 Å². The summed E-state index contributed by atoms with van der Waals surface area (Å²) in [6.45, 7) is 1.83. The van der Waals surface area contributed by atoms with Crippen LogP contribution in [0, 0.1) is 23.2 Å². The average Bonchev–Trinajstić information content (AvgIpc) is 3.02. The number of aromatic nitrogens is 3. The van der Waals surface area contributed by atoms with Gasteiger partial charge in [-0.05, 0) is 111 Å². The lowest BCUT2D eigenvalue weighted by atomic mass is 9.49. The number of carbonyl (C=O) groups excluding carboxylic acids is 1. The zero-order chi connectivity index (χ0) is 29.2. The molecule has 10 nitrogen and oxygen atoms in total. The standard InChI is InChI=1S/C33H39N7O3/c1-42-28-17-22(10-11-27(28)43-29(41)33-18-23-14-24(19-33)16-25(15-23)20-33)21-34-39-31-36-30(35-26-8-4-2-5-9-26)37-32(38-31)40-12-6-3-7-13-40/h2,4-5,8-11,17,21,23-25H,3,6-7,12-16,18-20H2,1H3,(H2,35,36,37,38,39)/b34-21-. The molecule has 4 saturated carbocycles. The zero-order valence-corrected chi connectivity index (χ0v) is 24.7. The van der Waals surface area contributed by atoms with Crippen LogP contribution in [0.4, 0.5) is 23.5 Å². The molecule has 10 heteroatoms. The van der Waals surface area contributed by atoms with E-state index in [0.717, 1.165) is 56.4 Å². The van der Waals surface area contributed by atoms with Crippen molar-refractivity contribution in [1.82, 2.24) is 15.0 Å². The molecule has 1 aliphatic heterocycles. The molecule has 4 bridgehead atoms. The van der Waals surface area contributed by atoms with Gasteiger partial charge in [0.05, 0.1) is 18.7 Å². The quantitative estimate of drug-likeness (QED) is 0.132. The highest BCUT2D eigenvalue weighted by Gasteiger charge is 2.55. The van der Waals surface area contributed by atoms with E-state index in [0.29, 0.717) is 47.1 Å². The molecule has 4 aliphatic carbocycles. The molecule has 0 atom stereocenters. The molecule has 0 spiro atoms. The third kappa shape index (κ3) is 6.00. The molecule has 5 fully saturated rings. The summed E-state index contributed by atoms with van der Waals surface area (Å²) in [5.41, 5.74) is 4.32. The summed E-state index contributed by atoms with van der Waals surface area (Å²) < 4.78 is 11.6. The van der Waals surface area contributed by atoms with Crippen LogP contribution in [0.25, 0.3) is 0 Å². The van der Waals surface area contributed by atoms with E-state index in [1.807, 2.05) is 42.5 Å². The SMILES string of the molecule is COc1cc(/C=N\Nc2nc(Nc3ccccc3)nc(N3CCCCC3)n2)ccc1OC(=O)C12CC3CC(CC(C3)C1)C2. The molecular formula is C33H39N7O3. The Labute approximate surface area is 252 Å². The van der Waals surface area contributed by atoms with Crippen molar-refractivity contribution in [2.45, 2.75) is 57.8 Å². The Morgan fingerprint density at radius 3 is 2.30 bits per heavy atom. The molecule has 43 heavy (non-hydrogen) atoms. The van der Waals surface area contributed by atoms with Crippen molar-refractivity contribution < 1.29 is 14.3 Å². The molecule has 0 amide bonds. The number of anilines is 4. The predicted molar refractivity (Wildman–Crippen MR) is 166 cm³/mol. The van der Waals surface area contributed by atoms with E-state index >= 15 is 0 Å². The number of nitrogens with one attached hydrogen (secondary N) is 2. The molecule has 1 aromatic heterocycles. The van der Waals surface area contributed by atoms with Gasteiger partial charge in [-0.15, -0.1) is 0 Å². The minimum absolute atomic E-state index is 0.0905. The van der Waals surface area contributed by atoms with Crippen LogP contribution in [0.5, 0.6) is 11.5 Å². The van der Waals surface area contributed by atoms with Gasteiger partial charge in [-0.1, -0.05) is 18.2 Å². The fourth-order valence-electron chi connectivity index (χ4n) is 7.94. The maximum Gasteiger partial charge on any atom is 0.317 e. The first-order valence-corrected chi connectivity index (χ1v) is 15.6. The van der Waals surface area contributed by atoms with Gasteiger partial charge in [-0.2, -0.15) is 20.1 Å². The van der Waals surface area contributed by atoms with Crippen LogP contribution >= 0.6 is 0 Å². The normalized spacial score (nSPS) is 26.0. The minimum Gasteiger partial charge on any atom is -0.493 e. The van der Waals surface area contributed by atoms with Gasteiger partial charge in [-0.3, -0.25) is 4.79 Å². The molecule has 5 aliphatic rings. The Kier molecular flexibility index (Phi) is 7.59. The summed E-state index contributed by atoms with van der Waals surface area (Å²) >= 11 is 0. The Hall–Kier alpha value is -4.21. The topological polar surface area (TPSA) is 114 Å². The van der Waals surface area contributed by atoms with Gasteiger partial charge in [0.15, 0.2) is 11.5 Å². The van der Waals surface area contributed by atoms with Crippen molar-refractivity contribution in [1.29, 1.82) is 0 Å². The number of hydrazone groups is 1. The van der Waals surface area contributed by atoms with Gasteiger partial charge in [0.25, 0.3) is 0 Å². The van der Waals surface area contributed by atoms with Crippen LogP contribution in [0.3, 0.4) is 0 Å². The lowest BCUT2D eigenvalue weighted by Gasteiger charge is -2.55. The molecule has 3 aromatic rings. The van der Waals surface area contributed by atoms with Crippen molar-refractivity contribution in [3.8, 4) is 11.5 Å². The van der Waals surface area contributed by atoms with Crippen LogP contribution in [0.1, 0.15) is 63.4 Å². The summed E-state index contributed by atoms with van der Waals surface area (Å²) in [6, 6.07) is 15.3. The largest absolute Gasteiger partial charge is 0.493 e. The summed E-state index contributed by atoms with van der Waals surface area (Å²) in [7, 11) is 1.59. The van der Waals surface area contributed by atoms with Gasteiger partial charge in [-0.25, -0.2) is 5.43 Å². The van der Waals surface area contributed by atoms with Crippen LogP contribution in [0.2, 0.25) is 0 Å². The first-order chi connectivity index (χ1) is 21.0. The molecule has 8 rings (SSSR count). The second-order valence-electron chi connectivity index (χ2n) is 12.7. The van der Waals surface area contributed by atoms with Crippen LogP contribution in [-0.2, 0) is 4.79 Å². The molecular weight excluding hydrogens is 542 g/mol. The summed E-state index contributed by atoms with van der Waals surface area (Å²) in [6.07, 6.45) is 11.9. The molecule has 2 N–H and O–H groups in total. The molecule has 1 saturated heterocycles. The Balaban J connectivity index is 1.05. The summed E-state index contributed by atoms with van der Waals surface area (Å²) in [5.74, 6) is 4.32. The average molecular weight is 582 g/mol. The van der Waals surface area contributed by atoms with Gasteiger partial charge in [0.1, 0.15) is 0 Å². The molecule has 2 heterocycles. The fraction of sp³-hybridized carbons (Fsp3) is 0.485. The van der Waals surface area contributed by atoms with Crippen molar-refractivity contribution >= 4 is 35.7 Å². The minimum atomic E-state index is -0.324. The number of para-hydroxylation sites is 1. The van der Waals surface area contributed by atoms with E-state index in [1.165, 1.54) is 25.7 Å². The van der Waals surface area contributed by atoms with E-state index < -0.39 is 0 Å².